The maximum Gasteiger partial charge on any atom is 0.329 e. The Hall–Kier alpha value is -3.17. The Labute approximate surface area is 195 Å². The Kier molecular flexibility index (Phi) is 6.06. The number of hydrogen-bond donors (Lipinski definition) is 2. The fraction of sp³-hybridized carbons (Fsp3) is 0.0455. The number of anilines is 1. The molecule has 9 heteroatoms. The predicted octanol–water partition coefficient (Wildman–Crippen LogP) is 4.53. The van der Waals surface area contributed by atoms with Crippen LogP contribution in [-0.2, 0) is 9.59 Å². The summed E-state index contributed by atoms with van der Waals surface area (Å²) in [6, 6.07) is 17.7. The van der Waals surface area contributed by atoms with Gasteiger partial charge in [-0.1, -0.05) is 37.9 Å². The normalized spacial score (nSPS) is 14.8. The van der Waals surface area contributed by atoms with Crippen molar-refractivity contribution in [1.29, 1.82) is 0 Å². The van der Waals surface area contributed by atoms with Gasteiger partial charge in [0.1, 0.15) is 12.2 Å². The van der Waals surface area contributed by atoms with Crippen molar-refractivity contribution < 1.29 is 14.4 Å². The summed E-state index contributed by atoms with van der Waals surface area (Å²) in [5.74, 6) is -1.03. The van der Waals surface area contributed by atoms with Crippen LogP contribution in [0, 0.1) is 0 Å². The number of carbonyl (C=O) groups excluding carboxylic acids is 3. The van der Waals surface area contributed by atoms with Crippen molar-refractivity contribution >= 4 is 61.5 Å². The minimum absolute atomic E-state index is 0.108. The highest BCUT2D eigenvalue weighted by atomic mass is 79.9. The van der Waals surface area contributed by atoms with E-state index in [0.29, 0.717) is 11.4 Å². The number of halogens is 2. The van der Waals surface area contributed by atoms with Gasteiger partial charge in [-0.25, -0.2) is 9.69 Å². The highest BCUT2D eigenvalue weighted by Gasteiger charge is 2.35. The Balaban J connectivity index is 1.50. The molecule has 1 fully saturated rings. The van der Waals surface area contributed by atoms with Crippen LogP contribution in [0.4, 0.5) is 10.5 Å². The first kappa shape index (κ1) is 21.1. The van der Waals surface area contributed by atoms with Gasteiger partial charge in [-0.05, 0) is 60.7 Å². The topological polar surface area (TPSA) is 83.4 Å². The first-order chi connectivity index (χ1) is 14.9. The zero-order chi connectivity index (χ0) is 22.0. The van der Waals surface area contributed by atoms with Crippen LogP contribution in [0.2, 0.25) is 0 Å². The summed E-state index contributed by atoms with van der Waals surface area (Å²) in [6.45, 7) is -0.384. The Morgan fingerprint density at radius 1 is 1.00 bits per heavy atom. The van der Waals surface area contributed by atoms with E-state index in [1.807, 2.05) is 47.2 Å². The fourth-order valence-electron chi connectivity index (χ4n) is 3.11. The van der Waals surface area contributed by atoms with Gasteiger partial charge in [0.05, 0.1) is 0 Å². The number of aromatic nitrogens is 1. The number of nitrogens with zero attached hydrogens (tertiary/aromatic N) is 2. The summed E-state index contributed by atoms with van der Waals surface area (Å²) in [5, 5.41) is 5.22. The summed E-state index contributed by atoms with van der Waals surface area (Å²) in [4.78, 5) is 38.3. The van der Waals surface area contributed by atoms with Gasteiger partial charge < -0.3 is 15.2 Å². The molecule has 0 aliphatic carbocycles. The van der Waals surface area contributed by atoms with Crippen LogP contribution in [0.25, 0.3) is 11.8 Å². The third-order valence-electron chi connectivity index (χ3n) is 4.55. The molecule has 1 saturated heterocycles. The molecule has 0 unspecified atom stereocenters. The number of amides is 4. The van der Waals surface area contributed by atoms with Gasteiger partial charge in [-0.2, -0.15) is 0 Å². The fourth-order valence-corrected chi connectivity index (χ4v) is 3.76. The second kappa shape index (κ2) is 8.91. The third kappa shape index (κ3) is 4.78. The molecule has 1 aliphatic rings. The van der Waals surface area contributed by atoms with Gasteiger partial charge in [-0.15, -0.1) is 0 Å². The summed E-state index contributed by atoms with van der Waals surface area (Å²) in [7, 11) is 0. The van der Waals surface area contributed by atoms with Crippen LogP contribution in [0.5, 0.6) is 0 Å². The highest BCUT2D eigenvalue weighted by Crippen LogP contribution is 2.21. The second-order valence-electron chi connectivity index (χ2n) is 6.72. The zero-order valence-corrected chi connectivity index (χ0v) is 19.2. The molecule has 1 aliphatic heterocycles. The molecule has 0 radical (unpaired) electrons. The summed E-state index contributed by atoms with van der Waals surface area (Å²) < 4.78 is 3.69. The molecule has 7 nitrogen and oxygen atoms in total. The van der Waals surface area contributed by atoms with E-state index in [0.717, 1.165) is 19.5 Å². The van der Waals surface area contributed by atoms with E-state index in [1.54, 1.807) is 30.3 Å². The van der Waals surface area contributed by atoms with Gasteiger partial charge in [0, 0.05) is 32.2 Å². The monoisotopic (exact) mass is 542 g/mol. The standard InChI is InChI=1S/C22H16Br2N4O3/c23-14-6-8-16(9-7-14)25-20(29)13-28-21(30)19(26-22(28)31)12-18-5-2-10-27(18)17-4-1-3-15(24)11-17/h1-12H,13H2,(H,25,29)(H,26,31)/b19-12-. The Morgan fingerprint density at radius 3 is 2.52 bits per heavy atom. The number of rotatable bonds is 5. The average Bonchev–Trinajstić information content (AvgIpc) is 3.30. The molecule has 2 heterocycles. The summed E-state index contributed by atoms with van der Waals surface area (Å²) in [5.41, 5.74) is 2.29. The van der Waals surface area contributed by atoms with E-state index in [4.69, 9.17) is 0 Å². The molecule has 31 heavy (non-hydrogen) atoms. The van der Waals surface area contributed by atoms with E-state index in [2.05, 4.69) is 42.5 Å². The van der Waals surface area contributed by atoms with E-state index >= 15 is 0 Å². The lowest BCUT2D eigenvalue weighted by Crippen LogP contribution is -2.38. The van der Waals surface area contributed by atoms with Crippen LogP contribution in [0.3, 0.4) is 0 Å². The van der Waals surface area contributed by atoms with Crippen LogP contribution in [-0.4, -0.2) is 33.9 Å². The molecule has 3 aromatic rings. The van der Waals surface area contributed by atoms with Crippen molar-refractivity contribution in [3.05, 3.63) is 87.2 Å². The molecule has 0 spiro atoms. The van der Waals surface area contributed by atoms with Crippen molar-refractivity contribution in [2.75, 3.05) is 11.9 Å². The molecular formula is C22H16Br2N4O3. The average molecular weight is 544 g/mol. The lowest BCUT2D eigenvalue weighted by atomic mass is 10.2. The summed E-state index contributed by atoms with van der Waals surface area (Å²) >= 11 is 6.77. The first-order valence-corrected chi connectivity index (χ1v) is 10.8. The molecule has 4 amide bonds. The van der Waals surface area contributed by atoms with E-state index in [1.165, 1.54) is 0 Å². The quantitative estimate of drug-likeness (QED) is 0.366. The number of imide groups is 1. The van der Waals surface area contributed by atoms with Crippen LogP contribution in [0.1, 0.15) is 5.69 Å². The maximum atomic E-state index is 12.7. The molecule has 2 N–H and O–H groups in total. The first-order valence-electron chi connectivity index (χ1n) is 9.24. The molecule has 0 bridgehead atoms. The smallest absolute Gasteiger partial charge is 0.325 e. The van der Waals surface area contributed by atoms with Gasteiger partial charge in [0.15, 0.2) is 0 Å². The van der Waals surface area contributed by atoms with Crippen LogP contribution < -0.4 is 10.6 Å². The second-order valence-corrected chi connectivity index (χ2v) is 8.55. The molecule has 2 aromatic carbocycles. The van der Waals surface area contributed by atoms with Gasteiger partial charge in [0.25, 0.3) is 5.91 Å². The molecule has 0 atom stereocenters. The molecule has 0 saturated carbocycles. The van der Waals surface area contributed by atoms with Crippen molar-refractivity contribution in [1.82, 2.24) is 14.8 Å². The number of nitrogens with one attached hydrogen (secondary N) is 2. The van der Waals surface area contributed by atoms with E-state index < -0.39 is 17.8 Å². The third-order valence-corrected chi connectivity index (χ3v) is 5.57. The molecule has 4 rings (SSSR count). The number of carbonyl (C=O) groups is 3. The molecular weight excluding hydrogens is 528 g/mol. The largest absolute Gasteiger partial charge is 0.329 e. The number of urea groups is 1. The lowest BCUT2D eigenvalue weighted by molar-refractivity contribution is -0.127. The van der Waals surface area contributed by atoms with Gasteiger partial charge in [0.2, 0.25) is 5.91 Å². The van der Waals surface area contributed by atoms with Crippen molar-refractivity contribution in [2.45, 2.75) is 0 Å². The van der Waals surface area contributed by atoms with E-state index in [-0.39, 0.29) is 12.2 Å². The maximum absolute atomic E-state index is 12.7. The van der Waals surface area contributed by atoms with Gasteiger partial charge >= 0.3 is 6.03 Å². The minimum atomic E-state index is -0.636. The van der Waals surface area contributed by atoms with Gasteiger partial charge in [-0.3, -0.25) is 9.59 Å². The van der Waals surface area contributed by atoms with Crippen molar-refractivity contribution in [2.24, 2.45) is 0 Å². The molecule has 1 aromatic heterocycles. The van der Waals surface area contributed by atoms with Crippen molar-refractivity contribution in [3.8, 4) is 5.69 Å². The Morgan fingerprint density at radius 2 is 1.77 bits per heavy atom. The Bertz CT molecular complexity index is 1200. The van der Waals surface area contributed by atoms with Crippen molar-refractivity contribution in [3.63, 3.8) is 0 Å². The SMILES string of the molecule is O=C(CN1C(=O)N/C(=C\c2cccn2-c2cccc(Br)c2)C1=O)Nc1ccc(Br)cc1. The number of hydrogen-bond acceptors (Lipinski definition) is 3. The van der Waals surface area contributed by atoms with E-state index in [9.17, 15) is 14.4 Å². The lowest BCUT2D eigenvalue weighted by Gasteiger charge is -2.12. The predicted molar refractivity (Wildman–Crippen MR) is 124 cm³/mol. The molecule has 156 valence electrons. The summed E-state index contributed by atoms with van der Waals surface area (Å²) in [6.07, 6.45) is 3.45. The minimum Gasteiger partial charge on any atom is -0.325 e. The number of benzene rings is 2. The zero-order valence-electron chi connectivity index (χ0n) is 16.0. The van der Waals surface area contributed by atoms with Crippen LogP contribution >= 0.6 is 31.9 Å². The van der Waals surface area contributed by atoms with Crippen LogP contribution in [0.15, 0.2) is 81.5 Å². The highest BCUT2D eigenvalue weighted by molar-refractivity contribution is 9.10.